The molecule has 2 aromatic heterocycles. The fraction of sp³-hybridized carbons (Fsp3) is 0.429. The van der Waals surface area contributed by atoms with Gasteiger partial charge in [-0.1, -0.05) is 31.9 Å². The van der Waals surface area contributed by atoms with Crippen LogP contribution in [0.25, 0.3) is 11.0 Å². The number of aromatic nitrogens is 2. The zero-order chi connectivity index (χ0) is 15.4. The number of rotatable bonds is 6. The summed E-state index contributed by atoms with van der Waals surface area (Å²) in [6.45, 7) is 4.20. The average Bonchev–Trinajstić information content (AvgIpc) is 3.02. The van der Waals surface area contributed by atoms with E-state index in [0.29, 0.717) is 10.8 Å². The number of aliphatic hydroxyl groups excluding tert-OH is 1. The van der Waals surface area contributed by atoms with E-state index in [2.05, 4.69) is 10.3 Å². The van der Waals surface area contributed by atoms with Crippen LogP contribution in [0, 0.1) is 5.92 Å². The van der Waals surface area contributed by atoms with Crippen molar-refractivity contribution >= 4 is 39.9 Å². The van der Waals surface area contributed by atoms with E-state index in [1.165, 1.54) is 17.4 Å². The van der Waals surface area contributed by atoms with Gasteiger partial charge in [0.25, 0.3) is 0 Å². The highest BCUT2D eigenvalue weighted by molar-refractivity contribution is 7.15. The summed E-state index contributed by atoms with van der Waals surface area (Å²) in [6.07, 6.45) is 5.21. The van der Waals surface area contributed by atoms with Crippen molar-refractivity contribution in [3.8, 4) is 0 Å². The Morgan fingerprint density at radius 1 is 1.67 bits per heavy atom. The Morgan fingerprint density at radius 2 is 2.43 bits per heavy atom. The molecule has 0 spiro atoms. The van der Waals surface area contributed by atoms with E-state index in [1.54, 1.807) is 6.08 Å². The second kappa shape index (κ2) is 7.06. The van der Waals surface area contributed by atoms with Gasteiger partial charge in [0.2, 0.25) is 5.91 Å². The van der Waals surface area contributed by atoms with Crippen LogP contribution >= 0.6 is 22.9 Å². The molecular formula is C14H18ClN3O2S. The number of thiazole rings is 1. The van der Waals surface area contributed by atoms with Crippen LogP contribution in [0.3, 0.4) is 0 Å². The van der Waals surface area contributed by atoms with E-state index >= 15 is 0 Å². The average molecular weight is 328 g/mol. The predicted octanol–water partition coefficient (Wildman–Crippen LogP) is 2.59. The van der Waals surface area contributed by atoms with E-state index in [9.17, 15) is 9.90 Å². The predicted molar refractivity (Wildman–Crippen MR) is 85.6 cm³/mol. The van der Waals surface area contributed by atoms with Crippen molar-refractivity contribution in [3.63, 3.8) is 0 Å². The third kappa shape index (κ3) is 3.84. The van der Waals surface area contributed by atoms with Crippen molar-refractivity contribution in [1.29, 1.82) is 0 Å². The molecule has 2 atom stereocenters. The number of carbonyl (C=O) groups is 1. The Balaban J connectivity index is 1.96. The van der Waals surface area contributed by atoms with Gasteiger partial charge in [-0.15, -0.1) is 11.3 Å². The van der Waals surface area contributed by atoms with Crippen molar-refractivity contribution in [3.05, 3.63) is 28.5 Å². The van der Waals surface area contributed by atoms with Crippen LogP contribution < -0.4 is 5.32 Å². The molecule has 114 valence electrons. The summed E-state index contributed by atoms with van der Waals surface area (Å²) < 4.78 is 1.82. The van der Waals surface area contributed by atoms with Crippen LogP contribution in [0.4, 0.5) is 0 Å². The van der Waals surface area contributed by atoms with Gasteiger partial charge in [-0.05, 0) is 12.0 Å². The number of hydrogen-bond acceptors (Lipinski definition) is 4. The number of hydrogen-bond donors (Lipinski definition) is 2. The van der Waals surface area contributed by atoms with Crippen molar-refractivity contribution in [1.82, 2.24) is 14.7 Å². The molecule has 2 N–H and O–H groups in total. The Bertz CT molecular complexity index is 650. The summed E-state index contributed by atoms with van der Waals surface area (Å²) in [5.41, 5.74) is 0.672. The van der Waals surface area contributed by atoms with Crippen LogP contribution in [0.15, 0.2) is 17.7 Å². The maximum absolute atomic E-state index is 11.8. The molecule has 21 heavy (non-hydrogen) atoms. The van der Waals surface area contributed by atoms with Crippen molar-refractivity contribution in [2.45, 2.75) is 26.4 Å². The third-order valence-electron chi connectivity index (χ3n) is 3.43. The first kappa shape index (κ1) is 16.0. The van der Waals surface area contributed by atoms with E-state index < -0.39 is 6.10 Å². The normalized spacial score (nSPS) is 14.7. The number of aliphatic hydroxyl groups is 1. The van der Waals surface area contributed by atoms with E-state index in [-0.39, 0.29) is 18.4 Å². The van der Waals surface area contributed by atoms with Crippen molar-refractivity contribution in [2.24, 2.45) is 5.92 Å². The zero-order valence-electron chi connectivity index (χ0n) is 11.9. The maximum Gasteiger partial charge on any atom is 0.244 e. The van der Waals surface area contributed by atoms with Gasteiger partial charge in [0.15, 0.2) is 10.1 Å². The van der Waals surface area contributed by atoms with E-state index in [4.69, 9.17) is 11.6 Å². The first-order valence-electron chi connectivity index (χ1n) is 6.78. The summed E-state index contributed by atoms with van der Waals surface area (Å²) in [7, 11) is 0. The van der Waals surface area contributed by atoms with Crippen LogP contribution in [0.1, 0.15) is 26.0 Å². The Hall–Kier alpha value is -1.37. The molecule has 0 saturated heterocycles. The molecule has 0 aliphatic carbocycles. The van der Waals surface area contributed by atoms with Gasteiger partial charge in [-0.2, -0.15) is 0 Å². The lowest BCUT2D eigenvalue weighted by Gasteiger charge is -2.16. The minimum atomic E-state index is -0.533. The molecule has 5 nitrogen and oxygen atoms in total. The number of halogens is 1. The number of fused-ring (bicyclic) bond motifs is 1. The molecule has 0 fully saturated rings. The minimum Gasteiger partial charge on any atom is -0.391 e. The first-order chi connectivity index (χ1) is 10.0. The van der Waals surface area contributed by atoms with Gasteiger partial charge in [0, 0.05) is 24.2 Å². The number of nitrogens with zero attached hydrogens (tertiary/aromatic N) is 2. The number of nitrogens with one attached hydrogen (secondary N) is 1. The molecule has 2 unspecified atom stereocenters. The molecule has 0 aliphatic rings. The van der Waals surface area contributed by atoms with Crippen molar-refractivity contribution < 1.29 is 9.90 Å². The van der Waals surface area contributed by atoms with Gasteiger partial charge < -0.3 is 10.4 Å². The van der Waals surface area contributed by atoms with Gasteiger partial charge in [-0.25, -0.2) is 4.98 Å². The molecule has 0 bridgehead atoms. The second-order valence-electron chi connectivity index (χ2n) is 4.87. The van der Waals surface area contributed by atoms with Gasteiger partial charge in [-0.3, -0.25) is 9.20 Å². The zero-order valence-corrected chi connectivity index (χ0v) is 13.5. The smallest absolute Gasteiger partial charge is 0.244 e. The number of amides is 1. The Kier molecular flexibility index (Phi) is 5.39. The minimum absolute atomic E-state index is 0.156. The topological polar surface area (TPSA) is 66.6 Å². The summed E-state index contributed by atoms with van der Waals surface area (Å²) in [4.78, 5) is 16.7. The maximum atomic E-state index is 11.8. The summed E-state index contributed by atoms with van der Waals surface area (Å²) in [5, 5.41) is 14.7. The molecule has 2 aromatic rings. The Labute approximate surface area is 132 Å². The highest BCUT2D eigenvalue weighted by atomic mass is 35.5. The van der Waals surface area contributed by atoms with Gasteiger partial charge in [0.1, 0.15) is 0 Å². The largest absolute Gasteiger partial charge is 0.391 e. The van der Waals surface area contributed by atoms with E-state index in [1.807, 2.05) is 29.8 Å². The van der Waals surface area contributed by atoms with Gasteiger partial charge >= 0.3 is 0 Å². The lowest BCUT2D eigenvalue weighted by Crippen LogP contribution is -2.34. The lowest BCUT2D eigenvalue weighted by atomic mass is 10.0. The summed E-state index contributed by atoms with van der Waals surface area (Å²) >= 11 is 7.51. The molecule has 0 aromatic carbocycles. The standard InChI is InChI=1S/C14H18ClN3O2S/c1-3-9(2)11(19)8-16-12(20)5-4-10-13(15)17-14-18(10)6-7-21-14/h4-7,9,11,19H,3,8H2,1-2H3,(H,16,20)/b5-4+. The highest BCUT2D eigenvalue weighted by Crippen LogP contribution is 2.22. The lowest BCUT2D eigenvalue weighted by molar-refractivity contribution is -0.117. The first-order valence-corrected chi connectivity index (χ1v) is 8.03. The third-order valence-corrected chi connectivity index (χ3v) is 4.47. The molecule has 2 rings (SSSR count). The van der Waals surface area contributed by atoms with Crippen LogP contribution in [-0.4, -0.2) is 33.0 Å². The SMILES string of the molecule is CCC(C)C(O)CNC(=O)/C=C/c1c(Cl)nc2sccn12. The summed E-state index contributed by atoms with van der Waals surface area (Å²) in [6, 6.07) is 0. The molecule has 7 heteroatoms. The monoisotopic (exact) mass is 327 g/mol. The Morgan fingerprint density at radius 3 is 3.14 bits per heavy atom. The molecule has 1 amide bonds. The van der Waals surface area contributed by atoms with Crippen LogP contribution in [0.2, 0.25) is 5.15 Å². The molecule has 0 aliphatic heterocycles. The molecule has 0 radical (unpaired) electrons. The molecular weight excluding hydrogens is 310 g/mol. The fourth-order valence-corrected chi connectivity index (χ4v) is 2.82. The van der Waals surface area contributed by atoms with Crippen molar-refractivity contribution in [2.75, 3.05) is 6.54 Å². The molecule has 2 heterocycles. The summed E-state index contributed by atoms with van der Waals surface area (Å²) in [5.74, 6) is -0.109. The van der Waals surface area contributed by atoms with Crippen LogP contribution in [-0.2, 0) is 4.79 Å². The van der Waals surface area contributed by atoms with Crippen LogP contribution in [0.5, 0.6) is 0 Å². The second-order valence-corrected chi connectivity index (χ2v) is 6.11. The van der Waals surface area contributed by atoms with E-state index in [0.717, 1.165) is 11.4 Å². The number of carbonyl (C=O) groups excluding carboxylic acids is 1. The number of imidazole rings is 1. The van der Waals surface area contributed by atoms with Gasteiger partial charge in [0.05, 0.1) is 11.8 Å². The highest BCUT2D eigenvalue weighted by Gasteiger charge is 2.13. The molecule has 0 saturated carbocycles. The fourth-order valence-electron chi connectivity index (χ4n) is 1.82. The quantitative estimate of drug-likeness (QED) is 0.801.